The van der Waals surface area contributed by atoms with Gasteiger partial charge in [0, 0.05) is 54.0 Å². The highest BCUT2D eigenvalue weighted by molar-refractivity contribution is 9.10. The van der Waals surface area contributed by atoms with Crippen LogP contribution < -0.4 is 14.2 Å². The van der Waals surface area contributed by atoms with E-state index >= 15 is 0 Å². The molecular formula is C24H28BrN3O3. The highest BCUT2D eigenvalue weighted by Crippen LogP contribution is 2.51. The van der Waals surface area contributed by atoms with Gasteiger partial charge in [0.25, 0.3) is 0 Å². The second-order valence-corrected chi connectivity index (χ2v) is 9.26. The van der Waals surface area contributed by atoms with Crippen LogP contribution in [-0.4, -0.2) is 55.2 Å². The average molecular weight is 486 g/mol. The van der Waals surface area contributed by atoms with Gasteiger partial charge in [0.2, 0.25) is 5.72 Å². The lowest BCUT2D eigenvalue weighted by molar-refractivity contribution is -0.149. The second kappa shape index (κ2) is 8.02. The van der Waals surface area contributed by atoms with Crippen molar-refractivity contribution in [1.29, 1.82) is 0 Å². The Kier molecular flexibility index (Phi) is 5.34. The zero-order valence-electron chi connectivity index (χ0n) is 18.2. The van der Waals surface area contributed by atoms with Crippen molar-refractivity contribution in [3.05, 3.63) is 52.0 Å². The Hall–Kier alpha value is -2.25. The van der Waals surface area contributed by atoms with Gasteiger partial charge in [-0.25, -0.2) is 5.01 Å². The van der Waals surface area contributed by atoms with Gasteiger partial charge < -0.3 is 19.1 Å². The molecule has 0 N–H and O–H groups in total. The van der Waals surface area contributed by atoms with Crippen LogP contribution in [0.5, 0.6) is 17.2 Å². The largest absolute Gasteiger partial charge is 0.497 e. The summed E-state index contributed by atoms with van der Waals surface area (Å²) in [6, 6.07) is 12.4. The van der Waals surface area contributed by atoms with Crippen LogP contribution in [0.2, 0.25) is 0 Å². The van der Waals surface area contributed by atoms with Crippen molar-refractivity contribution in [2.75, 3.05) is 33.9 Å². The molecular weight excluding hydrogens is 458 g/mol. The maximum Gasteiger partial charge on any atom is 0.200 e. The predicted molar refractivity (Wildman–Crippen MR) is 124 cm³/mol. The Labute approximate surface area is 191 Å². The maximum absolute atomic E-state index is 6.72. The molecule has 1 unspecified atom stereocenters. The molecule has 5 rings (SSSR count). The van der Waals surface area contributed by atoms with Crippen molar-refractivity contribution in [2.24, 2.45) is 5.10 Å². The van der Waals surface area contributed by atoms with E-state index in [4.69, 9.17) is 19.3 Å². The van der Waals surface area contributed by atoms with E-state index in [1.54, 1.807) is 14.2 Å². The fourth-order valence-electron chi connectivity index (χ4n) is 5.00. The number of methoxy groups -OCH3 is 2. The Balaban J connectivity index is 1.57. The van der Waals surface area contributed by atoms with Crippen molar-refractivity contribution in [3.63, 3.8) is 0 Å². The Morgan fingerprint density at radius 3 is 2.65 bits per heavy atom. The minimum Gasteiger partial charge on any atom is -0.497 e. The molecule has 0 aromatic heterocycles. The number of fused-ring (bicyclic) bond motifs is 4. The quantitative estimate of drug-likeness (QED) is 0.620. The first-order chi connectivity index (χ1) is 15.1. The number of benzene rings is 2. The molecule has 2 aromatic rings. The topological polar surface area (TPSA) is 46.5 Å². The molecule has 6 nitrogen and oxygen atoms in total. The first kappa shape index (κ1) is 20.6. The van der Waals surface area contributed by atoms with E-state index in [0.29, 0.717) is 0 Å². The van der Waals surface area contributed by atoms with Crippen LogP contribution in [0, 0.1) is 0 Å². The number of likely N-dealkylation sites (tertiary alicyclic amines) is 1. The molecule has 2 aromatic carbocycles. The van der Waals surface area contributed by atoms with Crippen LogP contribution in [0.1, 0.15) is 43.4 Å². The molecule has 3 aliphatic rings. The second-order valence-electron chi connectivity index (χ2n) is 8.34. The van der Waals surface area contributed by atoms with Crippen LogP contribution in [0.4, 0.5) is 0 Å². The summed E-state index contributed by atoms with van der Waals surface area (Å²) >= 11 is 3.64. The van der Waals surface area contributed by atoms with E-state index in [1.165, 1.54) is 5.56 Å². The summed E-state index contributed by atoms with van der Waals surface area (Å²) in [5, 5.41) is 7.41. The lowest BCUT2D eigenvalue weighted by Gasteiger charge is -2.51. The van der Waals surface area contributed by atoms with Crippen molar-refractivity contribution >= 4 is 21.6 Å². The summed E-state index contributed by atoms with van der Waals surface area (Å²) in [6.07, 6.45) is 2.68. The first-order valence-electron chi connectivity index (χ1n) is 10.9. The number of hydrogen-bond acceptors (Lipinski definition) is 6. The van der Waals surface area contributed by atoms with E-state index in [1.807, 2.05) is 18.2 Å². The van der Waals surface area contributed by atoms with Gasteiger partial charge in [0.15, 0.2) is 0 Å². The summed E-state index contributed by atoms with van der Waals surface area (Å²) in [6.45, 7) is 5.32. The summed E-state index contributed by atoms with van der Waals surface area (Å²) < 4.78 is 18.8. The predicted octanol–water partition coefficient (Wildman–Crippen LogP) is 4.82. The third-order valence-corrected chi connectivity index (χ3v) is 7.26. The van der Waals surface area contributed by atoms with Crippen LogP contribution >= 0.6 is 15.9 Å². The zero-order chi connectivity index (χ0) is 21.6. The van der Waals surface area contributed by atoms with Crippen molar-refractivity contribution < 1.29 is 14.2 Å². The van der Waals surface area contributed by atoms with E-state index in [-0.39, 0.29) is 6.04 Å². The molecule has 1 saturated heterocycles. The molecule has 164 valence electrons. The van der Waals surface area contributed by atoms with Crippen LogP contribution in [-0.2, 0) is 0 Å². The number of ether oxygens (including phenoxy) is 3. The Morgan fingerprint density at radius 1 is 1.13 bits per heavy atom. The monoisotopic (exact) mass is 485 g/mol. The minimum absolute atomic E-state index is 0.149. The van der Waals surface area contributed by atoms with Gasteiger partial charge in [-0.3, -0.25) is 0 Å². The van der Waals surface area contributed by atoms with Gasteiger partial charge in [-0.2, -0.15) is 5.10 Å². The van der Waals surface area contributed by atoms with E-state index in [0.717, 1.165) is 71.9 Å². The smallest absolute Gasteiger partial charge is 0.200 e. The van der Waals surface area contributed by atoms with Gasteiger partial charge >= 0.3 is 0 Å². The van der Waals surface area contributed by atoms with E-state index in [9.17, 15) is 0 Å². The molecule has 31 heavy (non-hydrogen) atoms. The van der Waals surface area contributed by atoms with Crippen molar-refractivity contribution in [3.8, 4) is 17.2 Å². The molecule has 3 heterocycles. The Morgan fingerprint density at radius 2 is 1.94 bits per heavy atom. The molecule has 0 aliphatic carbocycles. The third kappa shape index (κ3) is 3.48. The molecule has 0 amide bonds. The van der Waals surface area contributed by atoms with Crippen LogP contribution in [0.15, 0.2) is 46.0 Å². The lowest BCUT2D eigenvalue weighted by atomic mass is 9.90. The van der Waals surface area contributed by atoms with Gasteiger partial charge in [-0.05, 0) is 36.9 Å². The molecule has 3 aliphatic heterocycles. The molecule has 1 atom stereocenters. The van der Waals surface area contributed by atoms with E-state index < -0.39 is 5.72 Å². The van der Waals surface area contributed by atoms with Gasteiger partial charge in [0.05, 0.1) is 26.0 Å². The number of hydrogen-bond donors (Lipinski definition) is 0. The number of hydrazone groups is 1. The van der Waals surface area contributed by atoms with Crippen molar-refractivity contribution in [1.82, 2.24) is 9.91 Å². The SMILES string of the molecule is CCN1CCC2(CC1)Oc1ccc(Br)cc1C1CC(c3ccc(OC)cc3OC)=NN12. The molecule has 1 spiro atoms. The number of nitrogens with zero attached hydrogens (tertiary/aromatic N) is 3. The molecule has 0 bridgehead atoms. The highest BCUT2D eigenvalue weighted by atomic mass is 79.9. The molecule has 1 fully saturated rings. The normalized spacial score (nSPS) is 21.9. The number of rotatable bonds is 4. The fourth-order valence-corrected chi connectivity index (χ4v) is 5.38. The van der Waals surface area contributed by atoms with E-state index in [2.05, 4.69) is 51.0 Å². The fraction of sp³-hybridized carbons (Fsp3) is 0.458. The standard InChI is InChI=1S/C24H28BrN3O3/c1-4-27-11-9-24(10-12-27)28-21(19-13-16(25)5-8-22(19)31-24)15-20(26-28)18-7-6-17(29-2)14-23(18)30-3/h5-8,13-14,21H,4,9-12,15H2,1-3H3. The summed E-state index contributed by atoms with van der Waals surface area (Å²) in [5.41, 5.74) is 2.82. The van der Waals surface area contributed by atoms with Gasteiger partial charge in [-0.15, -0.1) is 0 Å². The third-order valence-electron chi connectivity index (χ3n) is 6.76. The van der Waals surface area contributed by atoms with Gasteiger partial charge in [0.1, 0.15) is 17.2 Å². The highest BCUT2D eigenvalue weighted by Gasteiger charge is 2.51. The molecule has 7 heteroatoms. The lowest BCUT2D eigenvalue weighted by Crippen LogP contribution is -2.59. The van der Waals surface area contributed by atoms with Crippen LogP contribution in [0.3, 0.4) is 0 Å². The first-order valence-corrected chi connectivity index (χ1v) is 11.7. The number of halogens is 1. The average Bonchev–Trinajstić information content (AvgIpc) is 3.26. The maximum atomic E-state index is 6.72. The van der Waals surface area contributed by atoms with Crippen LogP contribution in [0.25, 0.3) is 0 Å². The Bertz CT molecular complexity index is 1020. The minimum atomic E-state index is -0.404. The summed E-state index contributed by atoms with van der Waals surface area (Å²) in [4.78, 5) is 2.48. The number of piperidine rings is 1. The van der Waals surface area contributed by atoms with Gasteiger partial charge in [-0.1, -0.05) is 22.9 Å². The summed E-state index contributed by atoms with van der Waals surface area (Å²) in [5.74, 6) is 2.54. The molecule has 0 saturated carbocycles. The zero-order valence-corrected chi connectivity index (χ0v) is 19.8. The summed E-state index contributed by atoms with van der Waals surface area (Å²) in [7, 11) is 3.36. The molecule has 0 radical (unpaired) electrons. The van der Waals surface area contributed by atoms with Crippen molar-refractivity contribution in [2.45, 2.75) is 38.0 Å².